The normalized spacial score (nSPS) is 10.5. The highest BCUT2D eigenvalue weighted by Gasteiger charge is 2.09. The lowest BCUT2D eigenvalue weighted by Crippen LogP contribution is -2.04. The molecule has 0 bridgehead atoms. The van der Waals surface area contributed by atoms with E-state index in [-0.39, 0.29) is 0 Å². The maximum atomic E-state index is 5.62. The van der Waals surface area contributed by atoms with Gasteiger partial charge in [0.15, 0.2) is 0 Å². The van der Waals surface area contributed by atoms with Gasteiger partial charge in [-0.3, -0.25) is 0 Å². The lowest BCUT2D eigenvalue weighted by molar-refractivity contribution is 0.392. The predicted octanol–water partition coefficient (Wildman–Crippen LogP) is 2.64. The molecule has 0 saturated carbocycles. The van der Waals surface area contributed by atoms with Crippen LogP contribution in [0.5, 0.6) is 0 Å². The van der Waals surface area contributed by atoms with Crippen LogP contribution in [0.4, 0.5) is 11.5 Å². The van der Waals surface area contributed by atoms with Crippen molar-refractivity contribution in [3.8, 4) is 0 Å². The van der Waals surface area contributed by atoms with Crippen molar-refractivity contribution >= 4 is 27.4 Å². The number of nitrogens with one attached hydrogen (secondary N) is 1. The highest BCUT2D eigenvalue weighted by molar-refractivity contribution is 9.10. The molecule has 0 amide bonds. The van der Waals surface area contributed by atoms with Crippen molar-refractivity contribution in [1.82, 2.24) is 10.1 Å². The molecular formula is C11H13BrN4O. The lowest BCUT2D eigenvalue weighted by atomic mass is 10.2. The first-order chi connectivity index (χ1) is 8.08. The number of nitrogens with two attached hydrogens (primary N) is 1. The van der Waals surface area contributed by atoms with E-state index in [1.807, 2.05) is 19.9 Å². The Balaban J connectivity index is 2.13. The Bertz CT molecular complexity index is 519. The smallest absolute Gasteiger partial charge is 0.140 e. The van der Waals surface area contributed by atoms with E-state index in [9.17, 15) is 0 Å². The molecule has 6 heteroatoms. The van der Waals surface area contributed by atoms with E-state index in [1.165, 1.54) is 0 Å². The third-order valence-corrected chi connectivity index (χ3v) is 3.08. The van der Waals surface area contributed by atoms with Crippen LogP contribution in [-0.2, 0) is 6.54 Å². The predicted molar refractivity (Wildman–Crippen MR) is 69.7 cm³/mol. The standard InChI is InChI=1S/C11H13BrN4O/c1-6-9(7(2)17-16-6)5-15-11-10(12)3-8(13)4-14-11/h3-4H,5,13H2,1-2H3,(H,14,15). The quantitative estimate of drug-likeness (QED) is 0.910. The van der Waals surface area contributed by atoms with E-state index >= 15 is 0 Å². The number of hydrogen-bond acceptors (Lipinski definition) is 5. The summed E-state index contributed by atoms with van der Waals surface area (Å²) in [5.74, 6) is 1.57. The number of hydrogen-bond donors (Lipinski definition) is 2. The molecule has 0 saturated heterocycles. The van der Waals surface area contributed by atoms with E-state index < -0.39 is 0 Å². The second-order valence-corrected chi connectivity index (χ2v) is 4.61. The van der Waals surface area contributed by atoms with Crippen molar-refractivity contribution in [2.24, 2.45) is 0 Å². The van der Waals surface area contributed by atoms with Gasteiger partial charge in [0.05, 0.1) is 22.1 Å². The molecule has 17 heavy (non-hydrogen) atoms. The van der Waals surface area contributed by atoms with Gasteiger partial charge < -0.3 is 15.6 Å². The molecule has 0 atom stereocenters. The third-order valence-electron chi connectivity index (χ3n) is 2.48. The van der Waals surface area contributed by atoms with E-state index in [1.54, 1.807) is 6.20 Å². The number of halogens is 1. The molecule has 0 unspecified atom stereocenters. The van der Waals surface area contributed by atoms with Crippen molar-refractivity contribution in [3.63, 3.8) is 0 Å². The Labute approximate surface area is 108 Å². The summed E-state index contributed by atoms with van der Waals surface area (Å²) >= 11 is 3.40. The number of nitrogens with zero attached hydrogens (tertiary/aromatic N) is 2. The van der Waals surface area contributed by atoms with Gasteiger partial charge in [0, 0.05) is 12.1 Å². The monoisotopic (exact) mass is 296 g/mol. The fourth-order valence-corrected chi connectivity index (χ4v) is 2.02. The van der Waals surface area contributed by atoms with Gasteiger partial charge in [-0.05, 0) is 35.8 Å². The molecule has 0 aliphatic heterocycles. The summed E-state index contributed by atoms with van der Waals surface area (Å²) in [7, 11) is 0. The molecule has 0 fully saturated rings. The summed E-state index contributed by atoms with van der Waals surface area (Å²) in [4.78, 5) is 4.20. The third kappa shape index (κ3) is 2.58. The minimum Gasteiger partial charge on any atom is -0.397 e. The van der Waals surface area contributed by atoms with Gasteiger partial charge in [-0.25, -0.2) is 4.98 Å². The van der Waals surface area contributed by atoms with Gasteiger partial charge in [0.2, 0.25) is 0 Å². The van der Waals surface area contributed by atoms with Gasteiger partial charge in [-0.15, -0.1) is 0 Å². The second-order valence-electron chi connectivity index (χ2n) is 3.76. The molecule has 90 valence electrons. The number of anilines is 2. The molecule has 2 heterocycles. The highest BCUT2D eigenvalue weighted by Crippen LogP contribution is 2.23. The molecule has 0 radical (unpaired) electrons. The number of nitrogen functional groups attached to an aromatic ring is 1. The largest absolute Gasteiger partial charge is 0.397 e. The van der Waals surface area contributed by atoms with Crippen molar-refractivity contribution in [3.05, 3.63) is 33.8 Å². The number of pyridine rings is 1. The Morgan fingerprint density at radius 2 is 2.24 bits per heavy atom. The van der Waals surface area contributed by atoms with Crippen molar-refractivity contribution < 1.29 is 4.52 Å². The summed E-state index contributed by atoms with van der Waals surface area (Å²) in [6.45, 7) is 4.43. The van der Waals surface area contributed by atoms with Crippen LogP contribution in [0.3, 0.4) is 0 Å². The topological polar surface area (TPSA) is 77.0 Å². The molecule has 0 spiro atoms. The summed E-state index contributed by atoms with van der Waals surface area (Å²) in [6.07, 6.45) is 1.61. The fraction of sp³-hybridized carbons (Fsp3) is 0.273. The van der Waals surface area contributed by atoms with Gasteiger partial charge >= 0.3 is 0 Å². The zero-order valence-corrected chi connectivity index (χ0v) is 11.2. The average molecular weight is 297 g/mol. The van der Waals surface area contributed by atoms with Gasteiger partial charge in [-0.1, -0.05) is 5.16 Å². The van der Waals surface area contributed by atoms with Crippen LogP contribution >= 0.6 is 15.9 Å². The zero-order valence-electron chi connectivity index (χ0n) is 9.62. The zero-order chi connectivity index (χ0) is 12.4. The van der Waals surface area contributed by atoms with E-state index in [4.69, 9.17) is 10.3 Å². The minimum absolute atomic E-state index is 0.622. The molecule has 3 N–H and O–H groups in total. The van der Waals surface area contributed by atoms with Crippen molar-refractivity contribution in [1.29, 1.82) is 0 Å². The first-order valence-corrected chi connectivity index (χ1v) is 5.94. The Morgan fingerprint density at radius 1 is 1.47 bits per heavy atom. The van der Waals surface area contributed by atoms with Crippen LogP contribution in [0, 0.1) is 13.8 Å². The van der Waals surface area contributed by atoms with E-state index in [0.717, 1.165) is 27.3 Å². The summed E-state index contributed by atoms with van der Waals surface area (Å²) in [5.41, 5.74) is 8.19. The summed E-state index contributed by atoms with van der Waals surface area (Å²) in [6, 6.07) is 1.81. The number of rotatable bonds is 3. The lowest BCUT2D eigenvalue weighted by Gasteiger charge is -2.07. The first kappa shape index (κ1) is 11.9. The first-order valence-electron chi connectivity index (χ1n) is 5.14. The molecule has 2 rings (SSSR count). The number of aromatic nitrogens is 2. The van der Waals surface area contributed by atoms with Gasteiger partial charge in [0.1, 0.15) is 11.6 Å². The van der Waals surface area contributed by atoms with E-state index in [2.05, 4.69) is 31.4 Å². The molecule has 0 aliphatic rings. The average Bonchev–Trinajstić information content (AvgIpc) is 2.58. The van der Waals surface area contributed by atoms with Crippen LogP contribution in [0.25, 0.3) is 0 Å². The van der Waals surface area contributed by atoms with Crippen LogP contribution in [0.2, 0.25) is 0 Å². The SMILES string of the molecule is Cc1noc(C)c1CNc1ncc(N)cc1Br. The van der Waals surface area contributed by atoms with Crippen molar-refractivity contribution in [2.75, 3.05) is 11.1 Å². The maximum Gasteiger partial charge on any atom is 0.140 e. The summed E-state index contributed by atoms with van der Waals surface area (Å²) < 4.78 is 5.93. The maximum absolute atomic E-state index is 5.62. The Morgan fingerprint density at radius 3 is 2.82 bits per heavy atom. The molecule has 0 aromatic carbocycles. The molecule has 2 aromatic heterocycles. The molecular weight excluding hydrogens is 284 g/mol. The van der Waals surface area contributed by atoms with Crippen LogP contribution in [-0.4, -0.2) is 10.1 Å². The van der Waals surface area contributed by atoms with Crippen molar-refractivity contribution in [2.45, 2.75) is 20.4 Å². The van der Waals surface area contributed by atoms with E-state index in [0.29, 0.717) is 12.2 Å². The minimum atomic E-state index is 0.622. The molecule has 5 nitrogen and oxygen atoms in total. The summed E-state index contributed by atoms with van der Waals surface area (Å²) in [5, 5.41) is 7.11. The van der Waals surface area contributed by atoms with Crippen LogP contribution in [0.15, 0.2) is 21.3 Å². The fourth-order valence-electron chi connectivity index (χ4n) is 1.51. The van der Waals surface area contributed by atoms with Gasteiger partial charge in [-0.2, -0.15) is 0 Å². The second kappa shape index (κ2) is 4.75. The Hall–Kier alpha value is -1.56. The highest BCUT2D eigenvalue weighted by atomic mass is 79.9. The molecule has 2 aromatic rings. The number of aryl methyl sites for hydroxylation is 2. The molecule has 0 aliphatic carbocycles. The van der Waals surface area contributed by atoms with Crippen LogP contribution in [0.1, 0.15) is 17.0 Å². The van der Waals surface area contributed by atoms with Crippen LogP contribution < -0.4 is 11.1 Å². The van der Waals surface area contributed by atoms with Gasteiger partial charge in [0.25, 0.3) is 0 Å². The Kier molecular flexibility index (Phi) is 3.33.